The van der Waals surface area contributed by atoms with Crippen molar-refractivity contribution < 1.29 is 18.4 Å². The number of fused-ring (bicyclic) bond motifs is 1. The van der Waals surface area contributed by atoms with Crippen molar-refractivity contribution in [3.8, 4) is 11.3 Å². The van der Waals surface area contributed by atoms with Crippen LogP contribution >= 0.6 is 0 Å². The number of hydrogen-bond donors (Lipinski definition) is 1. The number of furan rings is 2. The highest BCUT2D eigenvalue weighted by Crippen LogP contribution is 2.31. The second-order valence-corrected chi connectivity index (χ2v) is 10.2. The number of hydrogen-bond acceptors (Lipinski definition) is 4. The molecule has 6 nitrogen and oxygen atoms in total. The van der Waals surface area contributed by atoms with Crippen molar-refractivity contribution in [3.63, 3.8) is 0 Å². The first-order valence-electron chi connectivity index (χ1n) is 11.5. The summed E-state index contributed by atoms with van der Waals surface area (Å²) in [5, 5.41) is 3.00. The van der Waals surface area contributed by atoms with E-state index in [1.807, 2.05) is 30.3 Å². The highest BCUT2D eigenvalue weighted by atomic mass is 16.3. The number of anilines is 1. The molecule has 0 bridgehead atoms. The Bertz CT molecular complexity index is 1100. The lowest BCUT2D eigenvalue weighted by Gasteiger charge is -2.25. The molecule has 174 valence electrons. The molecule has 1 N–H and O–H groups in total. The molecule has 1 unspecified atom stereocenters. The Morgan fingerprint density at radius 1 is 1.15 bits per heavy atom. The Balaban J connectivity index is 1.37. The number of rotatable bonds is 6. The average Bonchev–Trinajstić information content (AvgIpc) is 3.41. The van der Waals surface area contributed by atoms with Crippen LogP contribution in [0.15, 0.2) is 57.6 Å². The van der Waals surface area contributed by atoms with Gasteiger partial charge in [-0.1, -0.05) is 27.7 Å². The van der Waals surface area contributed by atoms with E-state index in [9.17, 15) is 9.59 Å². The lowest BCUT2D eigenvalue weighted by Crippen LogP contribution is -2.35. The summed E-state index contributed by atoms with van der Waals surface area (Å²) in [6.07, 6.45) is 3.70. The molecule has 1 aromatic carbocycles. The van der Waals surface area contributed by atoms with Crippen molar-refractivity contribution in [1.29, 1.82) is 0 Å². The van der Waals surface area contributed by atoms with E-state index in [1.165, 1.54) is 6.26 Å². The van der Waals surface area contributed by atoms with Crippen LogP contribution in [0.2, 0.25) is 0 Å². The van der Waals surface area contributed by atoms with Gasteiger partial charge in [0.1, 0.15) is 11.5 Å². The molecule has 3 aromatic rings. The standard InChI is InChI=1S/C27H32N2O4/c1-18(16-27(2,3)4)14-25(30)28-21-9-7-19(8-10-21)24-15-20-17-29(12-11-22(20)33-24)26(31)23-6-5-13-32-23/h5-10,13,15,18H,11-12,14,16-17H2,1-4H3,(H,28,30). The van der Waals surface area contributed by atoms with Gasteiger partial charge in [-0.15, -0.1) is 0 Å². The quantitative estimate of drug-likeness (QED) is 0.491. The summed E-state index contributed by atoms with van der Waals surface area (Å²) in [6.45, 7) is 9.80. The summed E-state index contributed by atoms with van der Waals surface area (Å²) in [7, 11) is 0. The van der Waals surface area contributed by atoms with Crippen molar-refractivity contribution in [2.75, 3.05) is 11.9 Å². The van der Waals surface area contributed by atoms with Crippen LogP contribution in [0, 0.1) is 11.3 Å². The lowest BCUT2D eigenvalue weighted by atomic mass is 9.84. The maximum Gasteiger partial charge on any atom is 0.289 e. The Labute approximate surface area is 195 Å². The maximum absolute atomic E-state index is 12.6. The van der Waals surface area contributed by atoms with E-state index >= 15 is 0 Å². The van der Waals surface area contributed by atoms with Crippen molar-refractivity contribution in [2.24, 2.45) is 11.3 Å². The van der Waals surface area contributed by atoms with Gasteiger partial charge >= 0.3 is 0 Å². The molecule has 1 atom stereocenters. The summed E-state index contributed by atoms with van der Waals surface area (Å²) in [6, 6.07) is 13.1. The molecule has 2 aromatic heterocycles. The van der Waals surface area contributed by atoms with Crippen LogP contribution in [-0.2, 0) is 17.8 Å². The SMILES string of the molecule is CC(CC(=O)Nc1ccc(-c2cc3c(o2)CCN(C(=O)c2ccco2)C3)cc1)CC(C)(C)C. The van der Waals surface area contributed by atoms with E-state index in [2.05, 4.69) is 33.0 Å². The van der Waals surface area contributed by atoms with E-state index in [-0.39, 0.29) is 17.2 Å². The van der Waals surface area contributed by atoms with Gasteiger partial charge < -0.3 is 19.1 Å². The van der Waals surface area contributed by atoms with Gasteiger partial charge in [-0.05, 0) is 60.2 Å². The van der Waals surface area contributed by atoms with Crippen LogP contribution in [0.1, 0.15) is 62.4 Å². The van der Waals surface area contributed by atoms with Gasteiger partial charge in [0.2, 0.25) is 5.91 Å². The van der Waals surface area contributed by atoms with Crippen LogP contribution in [0.4, 0.5) is 5.69 Å². The minimum absolute atomic E-state index is 0.0364. The summed E-state index contributed by atoms with van der Waals surface area (Å²) < 4.78 is 11.3. The highest BCUT2D eigenvalue weighted by molar-refractivity contribution is 5.92. The fraction of sp³-hybridized carbons (Fsp3) is 0.407. The molecule has 1 aliphatic heterocycles. The van der Waals surface area contributed by atoms with Gasteiger partial charge in [0.05, 0.1) is 6.26 Å². The minimum Gasteiger partial charge on any atom is -0.461 e. The zero-order valence-electron chi connectivity index (χ0n) is 19.8. The predicted octanol–water partition coefficient (Wildman–Crippen LogP) is 6.14. The average molecular weight is 449 g/mol. The Kier molecular flexibility index (Phi) is 6.45. The third-order valence-electron chi connectivity index (χ3n) is 5.83. The van der Waals surface area contributed by atoms with Gasteiger partial charge in [-0.25, -0.2) is 0 Å². The molecule has 33 heavy (non-hydrogen) atoms. The van der Waals surface area contributed by atoms with E-state index in [1.54, 1.807) is 17.0 Å². The van der Waals surface area contributed by atoms with Crippen LogP contribution in [0.25, 0.3) is 11.3 Å². The van der Waals surface area contributed by atoms with E-state index in [0.29, 0.717) is 37.6 Å². The summed E-state index contributed by atoms with van der Waals surface area (Å²) in [5.41, 5.74) is 2.94. The molecular weight excluding hydrogens is 416 g/mol. The molecule has 0 aliphatic carbocycles. The molecule has 6 heteroatoms. The predicted molar refractivity (Wildman–Crippen MR) is 128 cm³/mol. The Hall–Kier alpha value is -3.28. The highest BCUT2D eigenvalue weighted by Gasteiger charge is 2.26. The monoisotopic (exact) mass is 448 g/mol. The Morgan fingerprint density at radius 3 is 2.58 bits per heavy atom. The molecule has 0 fully saturated rings. The van der Waals surface area contributed by atoms with Crippen LogP contribution in [0.3, 0.4) is 0 Å². The molecule has 4 rings (SSSR count). The van der Waals surface area contributed by atoms with Crippen molar-refractivity contribution in [2.45, 2.75) is 53.5 Å². The minimum atomic E-state index is -0.106. The van der Waals surface area contributed by atoms with E-state index < -0.39 is 0 Å². The van der Waals surface area contributed by atoms with Crippen LogP contribution in [-0.4, -0.2) is 23.3 Å². The zero-order chi connectivity index (χ0) is 23.6. The first-order chi connectivity index (χ1) is 15.7. The fourth-order valence-corrected chi connectivity index (χ4v) is 4.57. The lowest BCUT2D eigenvalue weighted by molar-refractivity contribution is -0.117. The van der Waals surface area contributed by atoms with Gasteiger partial charge in [0.25, 0.3) is 5.91 Å². The van der Waals surface area contributed by atoms with Gasteiger partial charge in [0.15, 0.2) is 5.76 Å². The third-order valence-corrected chi connectivity index (χ3v) is 5.83. The molecular formula is C27H32N2O4. The second-order valence-electron chi connectivity index (χ2n) is 10.2. The summed E-state index contributed by atoms with van der Waals surface area (Å²) in [5.74, 6) is 2.30. The van der Waals surface area contributed by atoms with Gasteiger partial charge in [-0.3, -0.25) is 9.59 Å². The van der Waals surface area contributed by atoms with Crippen molar-refractivity contribution in [1.82, 2.24) is 4.90 Å². The van der Waals surface area contributed by atoms with Gasteiger partial charge in [0, 0.05) is 42.7 Å². The first-order valence-corrected chi connectivity index (χ1v) is 11.5. The summed E-state index contributed by atoms with van der Waals surface area (Å²) >= 11 is 0. The number of nitrogens with zero attached hydrogens (tertiary/aromatic N) is 1. The van der Waals surface area contributed by atoms with Crippen molar-refractivity contribution >= 4 is 17.5 Å². The Morgan fingerprint density at radius 2 is 1.91 bits per heavy atom. The van der Waals surface area contributed by atoms with E-state index in [4.69, 9.17) is 8.83 Å². The van der Waals surface area contributed by atoms with Crippen LogP contribution < -0.4 is 5.32 Å². The summed E-state index contributed by atoms with van der Waals surface area (Å²) in [4.78, 5) is 26.8. The fourth-order valence-electron chi connectivity index (χ4n) is 4.57. The normalized spacial score (nSPS) is 14.6. The topological polar surface area (TPSA) is 75.7 Å². The first kappa shape index (κ1) is 22.9. The second kappa shape index (κ2) is 9.30. The smallest absolute Gasteiger partial charge is 0.289 e. The number of benzene rings is 1. The number of carbonyl (C=O) groups is 2. The molecule has 0 spiro atoms. The molecule has 3 heterocycles. The molecule has 2 amide bonds. The van der Waals surface area contributed by atoms with Crippen molar-refractivity contribution in [3.05, 3.63) is 65.8 Å². The molecule has 0 radical (unpaired) electrons. The number of amides is 2. The third kappa shape index (κ3) is 5.75. The maximum atomic E-state index is 12.6. The molecule has 0 saturated carbocycles. The number of nitrogens with one attached hydrogen (secondary N) is 1. The largest absolute Gasteiger partial charge is 0.461 e. The zero-order valence-corrected chi connectivity index (χ0v) is 19.8. The molecule has 0 saturated heterocycles. The van der Waals surface area contributed by atoms with Gasteiger partial charge in [-0.2, -0.15) is 0 Å². The van der Waals surface area contributed by atoms with E-state index in [0.717, 1.165) is 34.8 Å². The number of carbonyl (C=O) groups excluding carboxylic acids is 2. The molecule has 1 aliphatic rings. The van der Waals surface area contributed by atoms with Crippen LogP contribution in [0.5, 0.6) is 0 Å².